The van der Waals surface area contributed by atoms with Crippen LogP contribution in [0.15, 0.2) is 41.3 Å². The first kappa shape index (κ1) is 9.77. The molecule has 15 heavy (non-hydrogen) atoms. The summed E-state index contributed by atoms with van der Waals surface area (Å²) in [5.74, 6) is 0.922. The second-order valence-corrected chi connectivity index (χ2v) is 3.59. The van der Waals surface area contributed by atoms with Crippen molar-refractivity contribution >= 4 is 5.82 Å². The molecule has 1 N–H and O–H groups in total. The van der Waals surface area contributed by atoms with Crippen LogP contribution in [0.2, 0.25) is 0 Å². The molecule has 3 heteroatoms. The molecule has 0 aromatic carbocycles. The summed E-state index contributed by atoms with van der Waals surface area (Å²) in [6.45, 7) is 4.12. The third-order valence-electron chi connectivity index (χ3n) is 2.41. The van der Waals surface area contributed by atoms with Gasteiger partial charge in [-0.15, -0.1) is 0 Å². The predicted octanol–water partition coefficient (Wildman–Crippen LogP) is 3.16. The summed E-state index contributed by atoms with van der Waals surface area (Å²) in [4.78, 5) is 4.29. The molecule has 0 aliphatic carbocycles. The Balaban J connectivity index is 2.13. The maximum absolute atomic E-state index is 5.04. The van der Waals surface area contributed by atoms with Gasteiger partial charge in [-0.05, 0) is 31.5 Å². The molecule has 2 heterocycles. The summed E-state index contributed by atoms with van der Waals surface area (Å²) < 4.78 is 5.04. The Hall–Kier alpha value is -1.77. The zero-order valence-corrected chi connectivity index (χ0v) is 8.90. The van der Waals surface area contributed by atoms with Crippen molar-refractivity contribution < 1.29 is 4.42 Å². The van der Waals surface area contributed by atoms with Crippen molar-refractivity contribution in [1.82, 2.24) is 4.98 Å². The second-order valence-electron chi connectivity index (χ2n) is 3.59. The fourth-order valence-corrected chi connectivity index (χ4v) is 1.45. The van der Waals surface area contributed by atoms with Crippen molar-refractivity contribution in [3.63, 3.8) is 0 Å². The topological polar surface area (TPSA) is 38.1 Å². The Labute approximate surface area is 89.1 Å². The molecule has 2 aromatic rings. The Morgan fingerprint density at radius 2 is 2.27 bits per heavy atom. The largest absolute Gasteiger partial charge is 0.472 e. The van der Waals surface area contributed by atoms with E-state index in [4.69, 9.17) is 4.42 Å². The van der Waals surface area contributed by atoms with Crippen LogP contribution in [-0.4, -0.2) is 4.98 Å². The van der Waals surface area contributed by atoms with E-state index < -0.39 is 0 Å². The van der Waals surface area contributed by atoms with Crippen LogP contribution in [-0.2, 0) is 0 Å². The van der Waals surface area contributed by atoms with Gasteiger partial charge in [0.25, 0.3) is 0 Å². The Morgan fingerprint density at radius 1 is 1.40 bits per heavy atom. The quantitative estimate of drug-likeness (QED) is 0.830. The molecule has 0 saturated carbocycles. The molecule has 2 rings (SSSR count). The van der Waals surface area contributed by atoms with Crippen LogP contribution in [0.1, 0.15) is 24.1 Å². The summed E-state index contributed by atoms with van der Waals surface area (Å²) in [5, 5.41) is 3.34. The van der Waals surface area contributed by atoms with Gasteiger partial charge >= 0.3 is 0 Å². The molecule has 0 aliphatic rings. The van der Waals surface area contributed by atoms with Gasteiger partial charge in [-0.3, -0.25) is 0 Å². The van der Waals surface area contributed by atoms with Crippen LogP contribution in [0.25, 0.3) is 0 Å². The van der Waals surface area contributed by atoms with E-state index in [1.165, 1.54) is 0 Å². The maximum Gasteiger partial charge on any atom is 0.129 e. The fourth-order valence-electron chi connectivity index (χ4n) is 1.45. The van der Waals surface area contributed by atoms with E-state index in [0.717, 1.165) is 16.9 Å². The van der Waals surface area contributed by atoms with E-state index in [0.29, 0.717) is 0 Å². The van der Waals surface area contributed by atoms with Crippen LogP contribution in [0.3, 0.4) is 0 Å². The van der Waals surface area contributed by atoms with Gasteiger partial charge in [-0.25, -0.2) is 4.98 Å². The van der Waals surface area contributed by atoms with Gasteiger partial charge in [0, 0.05) is 11.8 Å². The lowest BCUT2D eigenvalue weighted by Crippen LogP contribution is -2.07. The van der Waals surface area contributed by atoms with Crippen LogP contribution >= 0.6 is 0 Å². The monoisotopic (exact) mass is 202 g/mol. The smallest absolute Gasteiger partial charge is 0.129 e. The van der Waals surface area contributed by atoms with E-state index in [-0.39, 0.29) is 6.04 Å². The zero-order valence-electron chi connectivity index (χ0n) is 8.90. The molecular weight excluding hydrogens is 188 g/mol. The van der Waals surface area contributed by atoms with Gasteiger partial charge < -0.3 is 9.73 Å². The minimum absolute atomic E-state index is 0.206. The number of nitrogens with zero attached hydrogens (tertiary/aromatic N) is 1. The predicted molar refractivity (Wildman–Crippen MR) is 59.7 cm³/mol. The van der Waals surface area contributed by atoms with E-state index >= 15 is 0 Å². The van der Waals surface area contributed by atoms with Crippen molar-refractivity contribution in [2.24, 2.45) is 0 Å². The third kappa shape index (κ3) is 2.18. The molecule has 0 bridgehead atoms. The number of pyridine rings is 1. The third-order valence-corrected chi connectivity index (χ3v) is 2.41. The number of anilines is 1. The highest BCUT2D eigenvalue weighted by Crippen LogP contribution is 2.19. The molecule has 0 fully saturated rings. The number of hydrogen-bond acceptors (Lipinski definition) is 3. The van der Waals surface area contributed by atoms with Crippen molar-refractivity contribution in [1.29, 1.82) is 0 Å². The van der Waals surface area contributed by atoms with Crippen LogP contribution in [0.5, 0.6) is 0 Å². The summed E-state index contributed by atoms with van der Waals surface area (Å²) in [6, 6.07) is 6.13. The molecule has 3 nitrogen and oxygen atoms in total. The summed E-state index contributed by atoms with van der Waals surface area (Å²) >= 11 is 0. The SMILES string of the molecule is Cc1cccnc1NC(C)c1ccoc1. The maximum atomic E-state index is 5.04. The van der Waals surface area contributed by atoms with E-state index in [1.807, 2.05) is 25.1 Å². The van der Waals surface area contributed by atoms with Crippen molar-refractivity contribution in [3.8, 4) is 0 Å². The average molecular weight is 202 g/mol. The van der Waals surface area contributed by atoms with Crippen LogP contribution in [0.4, 0.5) is 5.82 Å². The number of hydrogen-bond donors (Lipinski definition) is 1. The molecule has 0 spiro atoms. The van der Waals surface area contributed by atoms with E-state index in [2.05, 4.69) is 17.2 Å². The van der Waals surface area contributed by atoms with Gasteiger partial charge in [0.2, 0.25) is 0 Å². The molecule has 0 radical (unpaired) electrons. The van der Waals surface area contributed by atoms with Gasteiger partial charge in [-0.2, -0.15) is 0 Å². The summed E-state index contributed by atoms with van der Waals surface area (Å²) in [6.07, 6.45) is 5.21. The summed E-state index contributed by atoms with van der Waals surface area (Å²) in [7, 11) is 0. The molecule has 0 amide bonds. The average Bonchev–Trinajstić information content (AvgIpc) is 2.74. The highest BCUT2D eigenvalue weighted by molar-refractivity contribution is 5.44. The van der Waals surface area contributed by atoms with Crippen LogP contribution in [0, 0.1) is 6.92 Å². The lowest BCUT2D eigenvalue weighted by molar-refractivity contribution is 0.562. The van der Waals surface area contributed by atoms with Crippen LogP contribution < -0.4 is 5.32 Å². The standard InChI is InChI=1S/C12H14N2O/c1-9-4-3-6-13-12(9)14-10(2)11-5-7-15-8-11/h3-8,10H,1-2H3,(H,13,14). The van der Waals surface area contributed by atoms with Crippen molar-refractivity contribution in [2.45, 2.75) is 19.9 Å². The number of aryl methyl sites for hydroxylation is 1. The molecule has 1 unspecified atom stereocenters. The van der Waals surface area contributed by atoms with Gasteiger partial charge in [-0.1, -0.05) is 6.07 Å². The van der Waals surface area contributed by atoms with Gasteiger partial charge in [0.1, 0.15) is 5.82 Å². The van der Waals surface area contributed by atoms with Crippen molar-refractivity contribution in [2.75, 3.05) is 5.32 Å². The number of nitrogens with one attached hydrogen (secondary N) is 1. The second kappa shape index (κ2) is 4.17. The Kier molecular flexibility index (Phi) is 2.72. The minimum atomic E-state index is 0.206. The molecular formula is C12H14N2O. The molecule has 0 aliphatic heterocycles. The first-order chi connectivity index (χ1) is 7.27. The first-order valence-electron chi connectivity index (χ1n) is 4.97. The lowest BCUT2D eigenvalue weighted by Gasteiger charge is -2.14. The minimum Gasteiger partial charge on any atom is -0.472 e. The highest BCUT2D eigenvalue weighted by atomic mass is 16.3. The highest BCUT2D eigenvalue weighted by Gasteiger charge is 2.07. The first-order valence-corrected chi connectivity index (χ1v) is 4.97. The molecule has 78 valence electrons. The Bertz CT molecular complexity index is 423. The molecule has 0 saturated heterocycles. The fraction of sp³-hybridized carbons (Fsp3) is 0.250. The zero-order chi connectivity index (χ0) is 10.7. The summed E-state index contributed by atoms with van der Waals surface area (Å²) in [5.41, 5.74) is 2.27. The van der Waals surface area contributed by atoms with E-state index in [1.54, 1.807) is 18.7 Å². The normalized spacial score (nSPS) is 12.4. The Morgan fingerprint density at radius 3 is 2.93 bits per heavy atom. The van der Waals surface area contributed by atoms with Crippen molar-refractivity contribution in [3.05, 3.63) is 48.0 Å². The lowest BCUT2D eigenvalue weighted by atomic mass is 10.2. The number of rotatable bonds is 3. The van der Waals surface area contributed by atoms with E-state index in [9.17, 15) is 0 Å². The molecule has 2 aromatic heterocycles. The van der Waals surface area contributed by atoms with Gasteiger partial charge in [0.05, 0.1) is 18.6 Å². The van der Waals surface area contributed by atoms with Gasteiger partial charge in [0.15, 0.2) is 0 Å². The number of aromatic nitrogens is 1. The molecule has 1 atom stereocenters. The number of furan rings is 1.